The minimum atomic E-state index is -1.03. The van der Waals surface area contributed by atoms with Gasteiger partial charge < -0.3 is 20.5 Å². The van der Waals surface area contributed by atoms with Gasteiger partial charge in [0, 0.05) is 26.6 Å². The van der Waals surface area contributed by atoms with E-state index in [1.165, 1.54) is 16.7 Å². The molecule has 0 bridgehead atoms. The number of nitrogens with zero attached hydrogens (tertiary/aromatic N) is 4. The van der Waals surface area contributed by atoms with Crippen LogP contribution in [-0.4, -0.2) is 62.7 Å². The third kappa shape index (κ3) is 2.94. The number of carboxylic acid groups (broad SMARTS) is 1. The maximum Gasteiger partial charge on any atom is 0.326 e. The highest BCUT2D eigenvalue weighted by Crippen LogP contribution is 2.20. The molecule has 20 heavy (non-hydrogen) atoms. The number of carboxylic acids is 1. The van der Waals surface area contributed by atoms with Crippen LogP contribution in [0.3, 0.4) is 0 Å². The van der Waals surface area contributed by atoms with Gasteiger partial charge in [-0.3, -0.25) is 4.79 Å². The molecule has 2 rings (SSSR count). The minimum absolute atomic E-state index is 0.0623. The van der Waals surface area contributed by atoms with Crippen LogP contribution in [0.25, 0.3) is 0 Å². The molecule has 9 heteroatoms. The van der Waals surface area contributed by atoms with Gasteiger partial charge in [0.1, 0.15) is 12.6 Å². The van der Waals surface area contributed by atoms with Gasteiger partial charge in [0.25, 0.3) is 0 Å². The van der Waals surface area contributed by atoms with E-state index < -0.39 is 12.0 Å². The summed E-state index contributed by atoms with van der Waals surface area (Å²) < 4.78 is 6.49. The predicted octanol–water partition coefficient (Wildman–Crippen LogP) is -1.56. The second kappa shape index (κ2) is 5.97. The van der Waals surface area contributed by atoms with Crippen LogP contribution in [0.1, 0.15) is 12.1 Å². The lowest BCUT2D eigenvalue weighted by atomic mass is 10.2. The van der Waals surface area contributed by atoms with E-state index in [1.807, 2.05) is 0 Å². The third-order valence-electron chi connectivity index (χ3n) is 3.29. The highest BCUT2D eigenvalue weighted by atomic mass is 16.5. The molecule has 0 spiro atoms. The topological polar surface area (TPSA) is 124 Å². The zero-order valence-electron chi connectivity index (χ0n) is 11.1. The summed E-state index contributed by atoms with van der Waals surface area (Å²) in [5, 5.41) is 16.7. The molecule has 2 heterocycles. The lowest BCUT2D eigenvalue weighted by Gasteiger charge is -2.20. The Morgan fingerprint density at radius 1 is 1.60 bits per heavy atom. The summed E-state index contributed by atoms with van der Waals surface area (Å²) in [6, 6.07) is -0.857. The Labute approximate surface area is 115 Å². The van der Waals surface area contributed by atoms with Crippen molar-refractivity contribution in [3.05, 3.63) is 11.9 Å². The predicted molar refractivity (Wildman–Crippen MR) is 66.5 cm³/mol. The lowest BCUT2D eigenvalue weighted by molar-refractivity contribution is -0.148. The van der Waals surface area contributed by atoms with Crippen molar-refractivity contribution in [2.75, 3.05) is 13.7 Å². The van der Waals surface area contributed by atoms with E-state index in [-0.39, 0.29) is 31.6 Å². The summed E-state index contributed by atoms with van der Waals surface area (Å²) in [4.78, 5) is 24.7. The molecular formula is C11H17N5O4. The van der Waals surface area contributed by atoms with Crippen molar-refractivity contribution in [1.82, 2.24) is 19.9 Å². The number of rotatable bonds is 5. The fourth-order valence-corrected chi connectivity index (χ4v) is 2.22. The summed E-state index contributed by atoms with van der Waals surface area (Å²) in [5.41, 5.74) is 5.98. The molecule has 1 amide bonds. The molecule has 9 nitrogen and oxygen atoms in total. The van der Waals surface area contributed by atoms with Gasteiger partial charge in [-0.1, -0.05) is 5.21 Å². The summed E-state index contributed by atoms with van der Waals surface area (Å²) in [6.07, 6.45) is 1.61. The largest absolute Gasteiger partial charge is 0.480 e. The summed E-state index contributed by atoms with van der Waals surface area (Å²) in [6.45, 7) is 0.444. The molecule has 1 saturated heterocycles. The van der Waals surface area contributed by atoms with Gasteiger partial charge in [-0.2, -0.15) is 0 Å². The van der Waals surface area contributed by atoms with Gasteiger partial charge in [-0.15, -0.1) is 5.10 Å². The number of carbonyl (C=O) groups is 2. The highest BCUT2D eigenvalue weighted by molar-refractivity contribution is 5.84. The monoisotopic (exact) mass is 283 g/mol. The van der Waals surface area contributed by atoms with Crippen LogP contribution in [0.2, 0.25) is 0 Å². The van der Waals surface area contributed by atoms with Gasteiger partial charge in [-0.25, -0.2) is 9.48 Å². The SMILES string of the molecule is COC1CC(C(=O)O)N(C(=O)Cn2cc(CN)nn2)C1. The Kier molecular flexibility index (Phi) is 4.30. The molecule has 1 aromatic rings. The number of likely N-dealkylation sites (tertiary alicyclic amines) is 1. The average Bonchev–Trinajstić information content (AvgIpc) is 3.04. The van der Waals surface area contributed by atoms with Crippen molar-refractivity contribution in [1.29, 1.82) is 0 Å². The van der Waals surface area contributed by atoms with Crippen LogP contribution in [0.15, 0.2) is 6.20 Å². The maximum absolute atomic E-state index is 12.2. The Hall–Kier alpha value is -2.00. The first kappa shape index (κ1) is 14.4. The summed E-state index contributed by atoms with van der Waals surface area (Å²) >= 11 is 0. The van der Waals surface area contributed by atoms with Gasteiger partial charge in [0.05, 0.1) is 18.0 Å². The quantitative estimate of drug-likeness (QED) is 0.669. The Balaban J connectivity index is 2.05. The van der Waals surface area contributed by atoms with Gasteiger partial charge in [-0.05, 0) is 0 Å². The van der Waals surface area contributed by atoms with E-state index in [0.717, 1.165) is 0 Å². The molecule has 0 radical (unpaired) electrons. The van der Waals surface area contributed by atoms with Crippen molar-refractivity contribution in [2.45, 2.75) is 31.7 Å². The molecule has 1 aromatic heterocycles. The fourth-order valence-electron chi connectivity index (χ4n) is 2.22. The number of aliphatic carboxylic acids is 1. The van der Waals surface area contributed by atoms with E-state index in [1.54, 1.807) is 6.20 Å². The molecule has 1 aliphatic rings. The van der Waals surface area contributed by atoms with E-state index in [0.29, 0.717) is 12.1 Å². The van der Waals surface area contributed by atoms with Crippen molar-refractivity contribution >= 4 is 11.9 Å². The number of hydrogen-bond donors (Lipinski definition) is 2. The van der Waals surface area contributed by atoms with Crippen LogP contribution in [0.4, 0.5) is 0 Å². The molecule has 0 saturated carbocycles. The smallest absolute Gasteiger partial charge is 0.326 e. The Morgan fingerprint density at radius 3 is 2.90 bits per heavy atom. The van der Waals surface area contributed by atoms with E-state index in [4.69, 9.17) is 15.6 Å². The van der Waals surface area contributed by atoms with Gasteiger partial charge >= 0.3 is 5.97 Å². The number of ether oxygens (including phenoxy) is 1. The first-order valence-electron chi connectivity index (χ1n) is 6.19. The molecule has 1 fully saturated rings. The van der Waals surface area contributed by atoms with Crippen molar-refractivity contribution in [3.63, 3.8) is 0 Å². The molecule has 3 N–H and O–H groups in total. The van der Waals surface area contributed by atoms with Gasteiger partial charge in [0.15, 0.2) is 0 Å². The zero-order chi connectivity index (χ0) is 14.7. The van der Waals surface area contributed by atoms with Crippen LogP contribution in [-0.2, 0) is 27.4 Å². The van der Waals surface area contributed by atoms with Crippen molar-refractivity contribution in [2.24, 2.45) is 5.73 Å². The van der Waals surface area contributed by atoms with Crippen LogP contribution < -0.4 is 5.73 Å². The minimum Gasteiger partial charge on any atom is -0.480 e. The molecule has 0 aromatic carbocycles. The number of aromatic nitrogens is 3. The van der Waals surface area contributed by atoms with Crippen LogP contribution in [0.5, 0.6) is 0 Å². The van der Waals surface area contributed by atoms with Crippen molar-refractivity contribution < 1.29 is 19.4 Å². The normalized spacial score (nSPS) is 22.2. The number of nitrogens with two attached hydrogens (primary N) is 1. The second-order valence-corrected chi connectivity index (χ2v) is 4.61. The summed E-state index contributed by atoms with van der Waals surface area (Å²) in [5.74, 6) is -1.36. The highest BCUT2D eigenvalue weighted by Gasteiger charge is 2.39. The first-order valence-corrected chi connectivity index (χ1v) is 6.19. The van der Waals surface area contributed by atoms with Crippen LogP contribution in [0, 0.1) is 0 Å². The van der Waals surface area contributed by atoms with E-state index in [2.05, 4.69) is 10.3 Å². The number of amides is 1. The molecular weight excluding hydrogens is 266 g/mol. The zero-order valence-corrected chi connectivity index (χ0v) is 11.1. The number of methoxy groups -OCH3 is 1. The molecule has 2 atom stereocenters. The lowest BCUT2D eigenvalue weighted by Crippen LogP contribution is -2.42. The molecule has 2 unspecified atom stereocenters. The third-order valence-corrected chi connectivity index (χ3v) is 3.29. The maximum atomic E-state index is 12.2. The molecule has 110 valence electrons. The fraction of sp³-hybridized carbons (Fsp3) is 0.636. The first-order chi connectivity index (χ1) is 9.55. The number of hydrogen-bond acceptors (Lipinski definition) is 6. The Bertz CT molecular complexity index is 503. The standard InChI is InChI=1S/C11H17N5O4/c1-20-8-2-9(11(18)19)16(5-8)10(17)6-15-4-7(3-12)13-14-15/h4,8-9H,2-3,5-6,12H2,1H3,(H,18,19). The Morgan fingerprint density at radius 2 is 2.35 bits per heavy atom. The van der Waals surface area contributed by atoms with E-state index >= 15 is 0 Å². The van der Waals surface area contributed by atoms with Gasteiger partial charge in [0.2, 0.25) is 5.91 Å². The summed E-state index contributed by atoms with van der Waals surface area (Å²) in [7, 11) is 1.50. The average molecular weight is 283 g/mol. The van der Waals surface area contributed by atoms with Crippen LogP contribution >= 0.6 is 0 Å². The van der Waals surface area contributed by atoms with E-state index in [9.17, 15) is 9.59 Å². The van der Waals surface area contributed by atoms with Crippen molar-refractivity contribution in [3.8, 4) is 0 Å². The number of carbonyl (C=O) groups excluding carboxylic acids is 1. The molecule has 1 aliphatic heterocycles. The second-order valence-electron chi connectivity index (χ2n) is 4.61. The molecule has 0 aliphatic carbocycles.